The van der Waals surface area contributed by atoms with Gasteiger partial charge < -0.3 is 15.0 Å². The van der Waals surface area contributed by atoms with E-state index in [-0.39, 0.29) is 23.2 Å². The Hall–Kier alpha value is -2.19. The number of anilines is 1. The Labute approximate surface area is 200 Å². The molecule has 32 heavy (non-hydrogen) atoms. The fraction of sp³-hybridized carbons (Fsp3) is 0.458. The van der Waals surface area contributed by atoms with Crippen molar-refractivity contribution in [3.63, 3.8) is 0 Å². The molecule has 1 aliphatic carbocycles. The molecule has 1 aromatic carbocycles. The molecule has 1 N–H and O–H groups in total. The Bertz CT molecular complexity index is 1160. The number of nitrogens with one attached hydrogen (secondary N) is 1. The molecule has 1 aliphatic heterocycles. The Morgan fingerprint density at radius 3 is 2.75 bits per heavy atom. The van der Waals surface area contributed by atoms with Crippen LogP contribution in [0.15, 0.2) is 40.4 Å². The first kappa shape index (κ1) is 21.6. The van der Waals surface area contributed by atoms with Gasteiger partial charge in [0.05, 0.1) is 9.17 Å². The largest absolute Gasteiger partial charge is 0.441 e. The van der Waals surface area contributed by atoms with Gasteiger partial charge in [0.2, 0.25) is 0 Å². The van der Waals surface area contributed by atoms with Gasteiger partial charge in [-0.1, -0.05) is 24.3 Å². The Morgan fingerprint density at radius 1 is 1.25 bits per heavy atom. The maximum atomic E-state index is 12.7. The van der Waals surface area contributed by atoms with Gasteiger partial charge in [-0.2, -0.15) is 0 Å². The first-order valence-electron chi connectivity index (χ1n) is 11.0. The highest BCUT2D eigenvalue weighted by Gasteiger charge is 2.50. The molecule has 3 heterocycles. The molecule has 1 atom stereocenters. The van der Waals surface area contributed by atoms with E-state index in [0.717, 1.165) is 58.4 Å². The zero-order chi connectivity index (χ0) is 22.5. The molecule has 0 unspecified atom stereocenters. The number of amides is 1. The highest BCUT2D eigenvalue weighted by molar-refractivity contribution is 9.10. The monoisotopic (exact) mass is 514 g/mol. The molecule has 1 fully saturated rings. The third-order valence-electron chi connectivity index (χ3n) is 6.49. The van der Waals surface area contributed by atoms with Gasteiger partial charge in [0, 0.05) is 29.4 Å². The molecule has 1 spiro atoms. The van der Waals surface area contributed by atoms with E-state index in [4.69, 9.17) is 4.74 Å². The van der Waals surface area contributed by atoms with Gasteiger partial charge in [0.25, 0.3) is 0 Å². The second-order valence-electron chi connectivity index (χ2n) is 9.84. The summed E-state index contributed by atoms with van der Waals surface area (Å²) >= 11 is 5.26. The SMILES string of the molecule is CC(C)(C)NC(=O)O[C@@H]1c2ccccc2CC12CCN(c1ncnc3c(Br)csc13)CC2. The van der Waals surface area contributed by atoms with Crippen molar-refractivity contribution >= 4 is 49.4 Å². The van der Waals surface area contributed by atoms with E-state index in [1.807, 2.05) is 26.8 Å². The molecule has 1 saturated heterocycles. The Balaban J connectivity index is 1.40. The average Bonchev–Trinajstić information content (AvgIpc) is 3.26. The Morgan fingerprint density at radius 2 is 2.00 bits per heavy atom. The fourth-order valence-corrected chi connectivity index (χ4v) is 6.63. The molecule has 168 valence electrons. The minimum absolute atomic E-state index is 0.0857. The molecule has 1 amide bonds. The first-order chi connectivity index (χ1) is 15.3. The zero-order valence-corrected chi connectivity index (χ0v) is 20.9. The van der Waals surface area contributed by atoms with Crippen LogP contribution in [0.25, 0.3) is 10.2 Å². The van der Waals surface area contributed by atoms with E-state index in [1.165, 1.54) is 5.56 Å². The number of halogens is 1. The lowest BCUT2D eigenvalue weighted by molar-refractivity contribution is -0.00241. The normalized spacial score (nSPS) is 19.9. The lowest BCUT2D eigenvalue weighted by atomic mass is 9.74. The number of rotatable bonds is 2. The van der Waals surface area contributed by atoms with Crippen molar-refractivity contribution in [3.8, 4) is 0 Å². The molecule has 0 saturated carbocycles. The summed E-state index contributed by atoms with van der Waals surface area (Å²) in [6.45, 7) is 7.65. The minimum Gasteiger partial charge on any atom is -0.441 e. The number of piperidine rings is 1. The molecule has 3 aromatic rings. The lowest BCUT2D eigenvalue weighted by Crippen LogP contribution is -2.46. The number of aromatic nitrogens is 2. The van der Waals surface area contributed by atoms with E-state index in [9.17, 15) is 4.79 Å². The van der Waals surface area contributed by atoms with Gasteiger partial charge in [-0.3, -0.25) is 0 Å². The quantitative estimate of drug-likeness (QED) is 0.463. The predicted octanol–water partition coefficient (Wildman–Crippen LogP) is 5.86. The van der Waals surface area contributed by atoms with Crippen LogP contribution in [0.2, 0.25) is 0 Å². The number of carbonyl (C=O) groups excluding carboxylic acids is 1. The summed E-state index contributed by atoms with van der Waals surface area (Å²) in [5.74, 6) is 0.999. The Kier molecular flexibility index (Phi) is 5.40. The van der Waals surface area contributed by atoms with Crippen molar-refractivity contribution < 1.29 is 9.53 Å². The summed E-state index contributed by atoms with van der Waals surface area (Å²) in [5.41, 5.74) is 2.99. The maximum absolute atomic E-state index is 12.7. The van der Waals surface area contributed by atoms with E-state index >= 15 is 0 Å². The molecular weight excluding hydrogens is 488 g/mol. The van der Waals surface area contributed by atoms with Crippen LogP contribution >= 0.6 is 27.3 Å². The predicted molar refractivity (Wildman–Crippen MR) is 131 cm³/mol. The highest BCUT2D eigenvalue weighted by atomic mass is 79.9. The molecule has 0 bridgehead atoms. The van der Waals surface area contributed by atoms with Crippen LogP contribution in [0, 0.1) is 5.41 Å². The molecule has 8 heteroatoms. The van der Waals surface area contributed by atoms with Gasteiger partial charge in [-0.15, -0.1) is 11.3 Å². The number of alkyl carbamates (subject to hydrolysis) is 1. The van der Waals surface area contributed by atoms with Crippen LogP contribution in [-0.2, 0) is 11.2 Å². The summed E-state index contributed by atoms with van der Waals surface area (Å²) < 4.78 is 8.25. The van der Waals surface area contributed by atoms with Crippen LogP contribution < -0.4 is 10.2 Å². The molecule has 0 radical (unpaired) electrons. The summed E-state index contributed by atoms with van der Waals surface area (Å²) in [6, 6.07) is 8.40. The fourth-order valence-electron chi connectivity index (χ4n) is 5.02. The van der Waals surface area contributed by atoms with Gasteiger partial charge in [0.15, 0.2) is 0 Å². The van der Waals surface area contributed by atoms with Crippen LogP contribution in [0.4, 0.5) is 10.6 Å². The first-order valence-corrected chi connectivity index (χ1v) is 12.6. The number of benzene rings is 1. The van der Waals surface area contributed by atoms with Crippen LogP contribution in [-0.4, -0.2) is 34.7 Å². The smallest absolute Gasteiger partial charge is 0.408 e. The second kappa shape index (κ2) is 7.99. The lowest BCUT2D eigenvalue weighted by Gasteiger charge is -2.43. The molecule has 5 rings (SSSR count). The number of nitrogens with zero attached hydrogens (tertiary/aromatic N) is 3. The topological polar surface area (TPSA) is 67.3 Å². The summed E-state index contributed by atoms with van der Waals surface area (Å²) in [4.78, 5) is 24.1. The van der Waals surface area contributed by atoms with E-state index in [1.54, 1.807) is 17.7 Å². The van der Waals surface area contributed by atoms with E-state index in [2.05, 4.69) is 59.7 Å². The van der Waals surface area contributed by atoms with E-state index in [0.29, 0.717) is 0 Å². The van der Waals surface area contributed by atoms with Crippen molar-refractivity contribution in [2.75, 3.05) is 18.0 Å². The van der Waals surface area contributed by atoms with Crippen LogP contribution in [0.3, 0.4) is 0 Å². The summed E-state index contributed by atoms with van der Waals surface area (Å²) in [6.07, 6.45) is 3.88. The molecule has 2 aromatic heterocycles. The van der Waals surface area contributed by atoms with Gasteiger partial charge in [-0.25, -0.2) is 14.8 Å². The number of hydrogen-bond donors (Lipinski definition) is 1. The minimum atomic E-state index is -0.345. The van der Waals surface area contributed by atoms with Gasteiger partial charge in [0.1, 0.15) is 23.8 Å². The van der Waals surface area contributed by atoms with Gasteiger partial charge >= 0.3 is 6.09 Å². The van der Waals surface area contributed by atoms with Crippen molar-refractivity contribution in [1.29, 1.82) is 0 Å². The van der Waals surface area contributed by atoms with Crippen LogP contribution in [0.1, 0.15) is 50.8 Å². The summed E-state index contributed by atoms with van der Waals surface area (Å²) in [5, 5.41) is 5.03. The van der Waals surface area contributed by atoms with Crippen molar-refractivity contribution in [1.82, 2.24) is 15.3 Å². The number of thiophene rings is 1. The van der Waals surface area contributed by atoms with Crippen molar-refractivity contribution in [3.05, 3.63) is 51.6 Å². The highest BCUT2D eigenvalue weighted by Crippen LogP contribution is 2.54. The molecule has 2 aliphatic rings. The van der Waals surface area contributed by atoms with E-state index < -0.39 is 0 Å². The maximum Gasteiger partial charge on any atom is 0.408 e. The van der Waals surface area contributed by atoms with Crippen LogP contribution in [0.5, 0.6) is 0 Å². The third-order valence-corrected chi connectivity index (χ3v) is 8.36. The number of ether oxygens (including phenoxy) is 1. The molecular formula is C24H27BrN4O2S. The zero-order valence-electron chi connectivity index (χ0n) is 18.5. The number of hydrogen-bond acceptors (Lipinski definition) is 6. The summed E-state index contributed by atoms with van der Waals surface area (Å²) in [7, 11) is 0. The van der Waals surface area contributed by atoms with Gasteiger partial charge in [-0.05, 0) is 67.1 Å². The number of carbonyl (C=O) groups is 1. The van der Waals surface area contributed by atoms with Crippen molar-refractivity contribution in [2.45, 2.75) is 51.7 Å². The third kappa shape index (κ3) is 3.88. The molecule has 6 nitrogen and oxygen atoms in total. The standard InChI is InChI=1S/C24H27BrN4O2S/c1-23(2,3)28-22(30)31-20-16-7-5-4-6-15(16)12-24(20)8-10-29(11-9-24)21-19-18(26-14-27-21)17(25)13-32-19/h4-7,13-14,20H,8-12H2,1-3H3,(H,28,30)/t20-/m1/s1. The van der Waals surface area contributed by atoms with Crippen molar-refractivity contribution in [2.24, 2.45) is 5.41 Å². The second-order valence-corrected chi connectivity index (χ2v) is 11.6. The number of fused-ring (bicyclic) bond motifs is 2. The average molecular weight is 515 g/mol.